The van der Waals surface area contributed by atoms with Gasteiger partial charge in [0.15, 0.2) is 5.76 Å². The third-order valence-electron chi connectivity index (χ3n) is 5.33. The van der Waals surface area contributed by atoms with Crippen molar-refractivity contribution in [2.24, 2.45) is 12.8 Å². The number of fused-ring (bicyclic) bond motifs is 2. The first kappa shape index (κ1) is 18.6. The number of rotatable bonds is 3. The molecule has 0 atom stereocenters. The van der Waals surface area contributed by atoms with Gasteiger partial charge in [-0.15, -0.1) is 0 Å². The summed E-state index contributed by atoms with van der Waals surface area (Å²) < 4.78 is 7.59. The number of ether oxygens (including phenoxy) is 1. The second-order valence-electron chi connectivity index (χ2n) is 7.28. The fraction of sp³-hybridized carbons (Fsp3) is 0.0417. The Kier molecular flexibility index (Phi) is 4.11. The second kappa shape index (κ2) is 6.84. The summed E-state index contributed by atoms with van der Waals surface area (Å²) in [6.45, 7) is 0. The first-order valence-corrected chi connectivity index (χ1v) is 9.54. The third kappa shape index (κ3) is 2.95. The van der Waals surface area contributed by atoms with Gasteiger partial charge in [-0.2, -0.15) is 0 Å². The van der Waals surface area contributed by atoms with Crippen molar-refractivity contribution in [3.05, 3.63) is 83.4 Å². The SMILES string of the molecule is Cn1cc(/C=C2\Oc3cccc(O)c3C2=O)c2c(-c3ccc(C(N)=O)cc3)ccnc21. The molecule has 0 aliphatic carbocycles. The van der Waals surface area contributed by atoms with Crippen molar-refractivity contribution in [2.45, 2.75) is 0 Å². The van der Waals surface area contributed by atoms with Gasteiger partial charge in [-0.3, -0.25) is 9.59 Å². The molecule has 2 aromatic heterocycles. The molecule has 0 unspecified atom stereocenters. The van der Waals surface area contributed by atoms with Gasteiger partial charge in [0.1, 0.15) is 22.7 Å². The maximum atomic E-state index is 12.8. The van der Waals surface area contributed by atoms with Crippen LogP contribution in [0.3, 0.4) is 0 Å². The molecule has 0 saturated heterocycles. The summed E-state index contributed by atoms with van der Waals surface area (Å²) in [4.78, 5) is 28.7. The summed E-state index contributed by atoms with van der Waals surface area (Å²) in [7, 11) is 1.87. The molecule has 2 aromatic carbocycles. The average molecular weight is 411 g/mol. The van der Waals surface area contributed by atoms with Crippen molar-refractivity contribution < 1.29 is 19.4 Å². The zero-order valence-corrected chi connectivity index (χ0v) is 16.5. The maximum absolute atomic E-state index is 12.8. The van der Waals surface area contributed by atoms with Crippen molar-refractivity contribution in [3.8, 4) is 22.6 Å². The molecule has 1 aliphatic heterocycles. The fourth-order valence-corrected chi connectivity index (χ4v) is 3.86. The highest BCUT2D eigenvalue weighted by Crippen LogP contribution is 2.39. The number of benzene rings is 2. The summed E-state index contributed by atoms with van der Waals surface area (Å²) in [6, 6.07) is 13.6. The van der Waals surface area contributed by atoms with E-state index in [0.717, 1.165) is 27.7 Å². The molecule has 0 saturated carbocycles. The number of hydrogen-bond acceptors (Lipinski definition) is 5. The van der Waals surface area contributed by atoms with Gasteiger partial charge in [0.2, 0.25) is 11.7 Å². The van der Waals surface area contributed by atoms with Crippen LogP contribution >= 0.6 is 0 Å². The number of phenolic OH excluding ortho intramolecular Hbond substituents is 1. The zero-order valence-electron chi connectivity index (χ0n) is 16.5. The lowest BCUT2D eigenvalue weighted by molar-refractivity contribution is 0.0996. The predicted octanol–water partition coefficient (Wildman–Crippen LogP) is 3.66. The normalized spacial score (nSPS) is 14.1. The monoisotopic (exact) mass is 411 g/mol. The standard InChI is InChI=1S/C24H17N3O4/c1-27-12-15(11-19-22(29)21-17(28)3-2-4-18(21)31-19)20-16(9-10-26-24(20)27)13-5-7-14(8-6-13)23(25)30/h2-12,28H,1H3,(H2,25,30)/b19-11-. The minimum absolute atomic E-state index is 0.110. The number of nitrogens with two attached hydrogens (primary N) is 1. The number of carbonyl (C=O) groups excluding carboxylic acids is 2. The lowest BCUT2D eigenvalue weighted by Gasteiger charge is -2.06. The number of pyridine rings is 1. The van der Waals surface area contributed by atoms with Gasteiger partial charge in [-0.1, -0.05) is 18.2 Å². The van der Waals surface area contributed by atoms with E-state index in [0.29, 0.717) is 11.3 Å². The lowest BCUT2D eigenvalue weighted by atomic mass is 9.99. The Balaban J connectivity index is 1.66. The molecule has 5 rings (SSSR count). The van der Waals surface area contributed by atoms with Gasteiger partial charge in [0.05, 0.1) is 0 Å². The molecule has 7 nitrogen and oxygen atoms in total. The van der Waals surface area contributed by atoms with E-state index in [1.807, 2.05) is 36.0 Å². The largest absolute Gasteiger partial charge is 0.507 e. The van der Waals surface area contributed by atoms with E-state index in [4.69, 9.17) is 10.5 Å². The van der Waals surface area contributed by atoms with Crippen LogP contribution in [0.1, 0.15) is 26.3 Å². The van der Waals surface area contributed by atoms with E-state index >= 15 is 0 Å². The number of carbonyl (C=O) groups is 2. The van der Waals surface area contributed by atoms with Crippen LogP contribution in [0.4, 0.5) is 0 Å². The Morgan fingerprint density at radius 1 is 1.16 bits per heavy atom. The van der Waals surface area contributed by atoms with Gasteiger partial charge < -0.3 is 20.1 Å². The van der Waals surface area contributed by atoms with E-state index < -0.39 is 5.91 Å². The number of amides is 1. The van der Waals surface area contributed by atoms with Gasteiger partial charge in [-0.25, -0.2) is 4.98 Å². The van der Waals surface area contributed by atoms with Crippen LogP contribution in [0, 0.1) is 0 Å². The predicted molar refractivity (Wildman–Crippen MR) is 116 cm³/mol. The van der Waals surface area contributed by atoms with Crippen molar-refractivity contribution >= 4 is 28.8 Å². The third-order valence-corrected chi connectivity index (χ3v) is 5.33. The van der Waals surface area contributed by atoms with Gasteiger partial charge in [0.25, 0.3) is 0 Å². The van der Waals surface area contributed by atoms with E-state index in [1.165, 1.54) is 6.07 Å². The van der Waals surface area contributed by atoms with Crippen LogP contribution < -0.4 is 10.5 Å². The minimum Gasteiger partial charge on any atom is -0.507 e. The van der Waals surface area contributed by atoms with Crippen molar-refractivity contribution in [2.75, 3.05) is 0 Å². The quantitative estimate of drug-likeness (QED) is 0.500. The number of aromatic nitrogens is 2. The number of hydrogen-bond donors (Lipinski definition) is 2. The molecule has 0 fully saturated rings. The molecule has 3 N–H and O–H groups in total. The summed E-state index contributed by atoms with van der Waals surface area (Å²) >= 11 is 0. The summed E-state index contributed by atoms with van der Waals surface area (Å²) in [5.74, 6) is -0.516. The number of Topliss-reactive ketones (excluding diaryl/α,β-unsaturated/α-hetero) is 1. The first-order chi connectivity index (χ1) is 14.9. The Bertz CT molecular complexity index is 1420. The molecule has 7 heteroatoms. The van der Waals surface area contributed by atoms with Crippen LogP contribution in [0.2, 0.25) is 0 Å². The van der Waals surface area contributed by atoms with Crippen LogP contribution in [0.15, 0.2) is 66.7 Å². The minimum atomic E-state index is -0.490. The molecular formula is C24H17N3O4. The first-order valence-electron chi connectivity index (χ1n) is 9.54. The lowest BCUT2D eigenvalue weighted by Crippen LogP contribution is -2.10. The summed E-state index contributed by atoms with van der Waals surface area (Å²) in [5.41, 5.74) is 9.17. The molecule has 0 bridgehead atoms. The highest BCUT2D eigenvalue weighted by atomic mass is 16.5. The Morgan fingerprint density at radius 3 is 2.65 bits per heavy atom. The second-order valence-corrected chi connectivity index (χ2v) is 7.28. The molecular weight excluding hydrogens is 394 g/mol. The molecule has 3 heterocycles. The fourth-order valence-electron chi connectivity index (χ4n) is 3.86. The molecule has 152 valence electrons. The van der Waals surface area contributed by atoms with Crippen molar-refractivity contribution in [1.29, 1.82) is 0 Å². The topological polar surface area (TPSA) is 107 Å². The van der Waals surface area contributed by atoms with E-state index in [2.05, 4.69) is 4.98 Å². The zero-order chi connectivity index (χ0) is 21.7. The van der Waals surface area contributed by atoms with E-state index in [1.54, 1.807) is 36.5 Å². The molecule has 0 radical (unpaired) electrons. The molecule has 1 amide bonds. The highest BCUT2D eigenvalue weighted by Gasteiger charge is 2.30. The number of primary amides is 1. The van der Waals surface area contributed by atoms with Crippen molar-refractivity contribution in [3.63, 3.8) is 0 Å². The van der Waals surface area contributed by atoms with Crippen LogP contribution in [-0.4, -0.2) is 26.3 Å². The number of aryl methyl sites for hydroxylation is 1. The number of aromatic hydroxyl groups is 1. The van der Waals surface area contributed by atoms with Crippen LogP contribution in [0.5, 0.6) is 11.5 Å². The molecule has 1 aliphatic rings. The van der Waals surface area contributed by atoms with Gasteiger partial charge in [-0.05, 0) is 47.5 Å². The van der Waals surface area contributed by atoms with Gasteiger partial charge >= 0.3 is 0 Å². The van der Waals surface area contributed by atoms with Crippen molar-refractivity contribution in [1.82, 2.24) is 9.55 Å². The average Bonchev–Trinajstić information content (AvgIpc) is 3.26. The molecule has 0 spiro atoms. The van der Waals surface area contributed by atoms with Crippen LogP contribution in [-0.2, 0) is 7.05 Å². The van der Waals surface area contributed by atoms with Crippen LogP contribution in [0.25, 0.3) is 28.2 Å². The molecule has 31 heavy (non-hydrogen) atoms. The summed E-state index contributed by atoms with van der Waals surface area (Å²) in [5, 5.41) is 10.9. The van der Waals surface area contributed by atoms with E-state index in [-0.39, 0.29) is 22.9 Å². The Hall–Kier alpha value is -4.39. The summed E-state index contributed by atoms with van der Waals surface area (Å²) in [6.07, 6.45) is 5.24. The van der Waals surface area contributed by atoms with E-state index in [9.17, 15) is 14.7 Å². The number of phenols is 1. The number of ketones is 1. The molecule has 4 aromatic rings. The number of nitrogens with zero attached hydrogens (tertiary/aromatic N) is 2. The highest BCUT2D eigenvalue weighted by molar-refractivity contribution is 6.17. The number of allylic oxidation sites excluding steroid dienone is 1. The van der Waals surface area contributed by atoms with Gasteiger partial charge in [0, 0.05) is 36.0 Å². The maximum Gasteiger partial charge on any atom is 0.248 e. The Labute approximate surface area is 177 Å². The smallest absolute Gasteiger partial charge is 0.248 e. The Morgan fingerprint density at radius 2 is 1.94 bits per heavy atom.